The van der Waals surface area contributed by atoms with Gasteiger partial charge in [0.2, 0.25) is 0 Å². The van der Waals surface area contributed by atoms with Crippen molar-refractivity contribution in [2.75, 3.05) is 20.3 Å². The molecule has 5 heteroatoms. The summed E-state index contributed by atoms with van der Waals surface area (Å²) < 4.78 is 11.3. The molecule has 0 saturated heterocycles. The molecule has 0 radical (unpaired) electrons. The van der Waals surface area contributed by atoms with E-state index in [1.54, 1.807) is 4.90 Å². The van der Waals surface area contributed by atoms with E-state index in [1.165, 1.54) is 5.56 Å². The number of hydrogen-bond acceptors (Lipinski definition) is 3. The van der Waals surface area contributed by atoms with Crippen molar-refractivity contribution >= 4 is 6.03 Å². The van der Waals surface area contributed by atoms with Gasteiger partial charge in [-0.25, -0.2) is 4.79 Å². The summed E-state index contributed by atoms with van der Waals surface area (Å²) in [6.45, 7) is 7.94. The van der Waals surface area contributed by atoms with Crippen LogP contribution >= 0.6 is 0 Å². The molecule has 144 valence electrons. The van der Waals surface area contributed by atoms with Gasteiger partial charge in [0.15, 0.2) is 11.5 Å². The Morgan fingerprint density at radius 3 is 2.41 bits per heavy atom. The third-order valence-electron chi connectivity index (χ3n) is 4.76. The molecule has 1 N–H and O–H groups in total. The van der Waals surface area contributed by atoms with Crippen LogP contribution in [-0.2, 0) is 6.54 Å². The zero-order chi connectivity index (χ0) is 19.4. The van der Waals surface area contributed by atoms with Crippen molar-refractivity contribution in [3.05, 3.63) is 59.2 Å². The normalized spacial score (nSPS) is 14.0. The molecule has 2 aromatic rings. The summed E-state index contributed by atoms with van der Waals surface area (Å²) >= 11 is 0. The fourth-order valence-corrected chi connectivity index (χ4v) is 3.17. The van der Waals surface area contributed by atoms with E-state index in [-0.39, 0.29) is 18.0 Å². The maximum Gasteiger partial charge on any atom is 0.317 e. The van der Waals surface area contributed by atoms with E-state index in [1.807, 2.05) is 25.2 Å². The first-order valence-electron chi connectivity index (χ1n) is 9.41. The van der Waals surface area contributed by atoms with Gasteiger partial charge in [-0.05, 0) is 36.1 Å². The summed E-state index contributed by atoms with van der Waals surface area (Å²) in [4.78, 5) is 14.5. The molecule has 0 fully saturated rings. The van der Waals surface area contributed by atoms with Gasteiger partial charge in [-0.15, -0.1) is 0 Å². The molecule has 1 aliphatic rings. The molecule has 0 aromatic heterocycles. The van der Waals surface area contributed by atoms with Crippen LogP contribution in [0.3, 0.4) is 0 Å². The smallest absolute Gasteiger partial charge is 0.317 e. The standard InChI is InChI=1S/C22H28N2O3/c1-15(2)21(18-9-10-19-20(13-18)27-12-11-26-19)23-22(25)24(4)14-17-7-5-16(3)6-8-17/h5-10,13,15,21H,11-12,14H2,1-4H3,(H,23,25). The van der Waals surface area contributed by atoms with Gasteiger partial charge in [0, 0.05) is 13.6 Å². The van der Waals surface area contributed by atoms with Gasteiger partial charge in [-0.3, -0.25) is 0 Å². The Morgan fingerprint density at radius 1 is 1.07 bits per heavy atom. The Hall–Kier alpha value is -2.69. The Labute approximate surface area is 161 Å². The third kappa shape index (κ3) is 4.73. The van der Waals surface area contributed by atoms with Crippen molar-refractivity contribution in [2.24, 2.45) is 5.92 Å². The number of amides is 2. The minimum atomic E-state index is -0.103. The molecule has 1 heterocycles. The maximum atomic E-state index is 12.8. The van der Waals surface area contributed by atoms with E-state index in [9.17, 15) is 4.79 Å². The number of fused-ring (bicyclic) bond motifs is 1. The van der Waals surface area contributed by atoms with Crippen molar-refractivity contribution in [3.63, 3.8) is 0 Å². The molecule has 0 spiro atoms. The number of aryl methyl sites for hydroxylation is 1. The fraction of sp³-hybridized carbons (Fsp3) is 0.409. The van der Waals surface area contributed by atoms with Crippen LogP contribution in [0.2, 0.25) is 0 Å². The highest BCUT2D eigenvalue weighted by Crippen LogP contribution is 2.34. The number of hydrogen-bond donors (Lipinski definition) is 1. The van der Waals surface area contributed by atoms with Crippen molar-refractivity contribution in [2.45, 2.75) is 33.4 Å². The Bertz CT molecular complexity index is 787. The lowest BCUT2D eigenvalue weighted by atomic mass is 9.95. The van der Waals surface area contributed by atoms with Gasteiger partial charge in [-0.1, -0.05) is 49.7 Å². The summed E-state index contributed by atoms with van der Waals surface area (Å²) in [5, 5.41) is 3.16. The van der Waals surface area contributed by atoms with Crippen LogP contribution in [-0.4, -0.2) is 31.2 Å². The average molecular weight is 368 g/mol. The van der Waals surface area contributed by atoms with Crippen molar-refractivity contribution in [1.82, 2.24) is 10.2 Å². The molecule has 0 saturated carbocycles. The van der Waals surface area contributed by atoms with Gasteiger partial charge in [0.25, 0.3) is 0 Å². The number of carbonyl (C=O) groups is 1. The number of nitrogens with zero attached hydrogens (tertiary/aromatic N) is 1. The Kier molecular flexibility index (Phi) is 5.89. The maximum absolute atomic E-state index is 12.8. The van der Waals surface area contributed by atoms with Crippen molar-refractivity contribution in [1.29, 1.82) is 0 Å². The van der Waals surface area contributed by atoms with Crippen LogP contribution in [0, 0.1) is 12.8 Å². The number of benzene rings is 2. The average Bonchev–Trinajstić information content (AvgIpc) is 2.67. The molecule has 5 nitrogen and oxygen atoms in total. The lowest BCUT2D eigenvalue weighted by Gasteiger charge is -2.28. The number of ether oxygens (including phenoxy) is 2. The van der Waals surface area contributed by atoms with E-state index in [0.29, 0.717) is 19.8 Å². The van der Waals surface area contributed by atoms with Gasteiger partial charge in [0.1, 0.15) is 13.2 Å². The first kappa shape index (κ1) is 19.1. The van der Waals surface area contributed by atoms with E-state index in [0.717, 1.165) is 22.6 Å². The molecule has 2 aromatic carbocycles. The van der Waals surface area contributed by atoms with Crippen molar-refractivity contribution < 1.29 is 14.3 Å². The monoisotopic (exact) mass is 368 g/mol. The topological polar surface area (TPSA) is 50.8 Å². The minimum absolute atomic E-state index is 0.0934. The van der Waals surface area contributed by atoms with Gasteiger partial charge < -0.3 is 19.7 Å². The Balaban J connectivity index is 1.70. The SMILES string of the molecule is Cc1ccc(CN(C)C(=O)NC(c2ccc3c(c2)OCCO3)C(C)C)cc1. The summed E-state index contributed by atoms with van der Waals surface area (Å²) in [5.74, 6) is 1.74. The highest BCUT2D eigenvalue weighted by Gasteiger charge is 2.22. The molecule has 27 heavy (non-hydrogen) atoms. The van der Waals surface area contributed by atoms with Crippen LogP contribution in [0.5, 0.6) is 11.5 Å². The lowest BCUT2D eigenvalue weighted by Crippen LogP contribution is -2.40. The molecule has 1 aliphatic heterocycles. The molecular formula is C22H28N2O3. The highest BCUT2D eigenvalue weighted by molar-refractivity contribution is 5.74. The quantitative estimate of drug-likeness (QED) is 0.856. The van der Waals surface area contributed by atoms with E-state index in [2.05, 4.69) is 50.4 Å². The number of carbonyl (C=O) groups excluding carboxylic acids is 1. The van der Waals surface area contributed by atoms with E-state index in [4.69, 9.17) is 9.47 Å². The second kappa shape index (κ2) is 8.33. The molecular weight excluding hydrogens is 340 g/mol. The summed E-state index contributed by atoms with van der Waals surface area (Å²) in [5.41, 5.74) is 3.34. The number of urea groups is 1. The molecule has 0 bridgehead atoms. The second-order valence-corrected chi connectivity index (χ2v) is 7.42. The lowest BCUT2D eigenvalue weighted by molar-refractivity contribution is 0.171. The van der Waals surface area contributed by atoms with E-state index >= 15 is 0 Å². The van der Waals surface area contributed by atoms with Gasteiger partial charge in [-0.2, -0.15) is 0 Å². The predicted molar refractivity (Wildman–Crippen MR) is 106 cm³/mol. The highest BCUT2D eigenvalue weighted by atomic mass is 16.6. The number of nitrogens with one attached hydrogen (secondary N) is 1. The predicted octanol–water partition coefficient (Wildman–Crippen LogP) is 4.30. The first-order chi connectivity index (χ1) is 12.9. The molecule has 1 atom stereocenters. The zero-order valence-electron chi connectivity index (χ0n) is 16.5. The Morgan fingerprint density at radius 2 is 1.74 bits per heavy atom. The van der Waals surface area contributed by atoms with Gasteiger partial charge in [0.05, 0.1) is 6.04 Å². The second-order valence-electron chi connectivity index (χ2n) is 7.42. The van der Waals surface area contributed by atoms with Crippen LogP contribution in [0.1, 0.15) is 36.6 Å². The number of rotatable bonds is 5. The first-order valence-corrected chi connectivity index (χ1v) is 9.41. The van der Waals surface area contributed by atoms with Crippen LogP contribution in [0.25, 0.3) is 0 Å². The van der Waals surface area contributed by atoms with E-state index < -0.39 is 0 Å². The van der Waals surface area contributed by atoms with Gasteiger partial charge >= 0.3 is 6.03 Å². The zero-order valence-corrected chi connectivity index (χ0v) is 16.5. The summed E-state index contributed by atoms with van der Waals surface area (Å²) in [7, 11) is 1.82. The summed E-state index contributed by atoms with van der Waals surface area (Å²) in [6.07, 6.45) is 0. The largest absolute Gasteiger partial charge is 0.486 e. The van der Waals surface area contributed by atoms with Crippen LogP contribution < -0.4 is 14.8 Å². The third-order valence-corrected chi connectivity index (χ3v) is 4.76. The van der Waals surface area contributed by atoms with Crippen molar-refractivity contribution in [3.8, 4) is 11.5 Å². The van der Waals surface area contributed by atoms with Crippen LogP contribution in [0.15, 0.2) is 42.5 Å². The molecule has 1 unspecified atom stereocenters. The fourth-order valence-electron chi connectivity index (χ4n) is 3.17. The minimum Gasteiger partial charge on any atom is -0.486 e. The molecule has 3 rings (SSSR count). The summed E-state index contributed by atoms with van der Waals surface area (Å²) in [6, 6.07) is 13.9. The van der Waals surface area contributed by atoms with Crippen LogP contribution in [0.4, 0.5) is 4.79 Å². The molecule has 2 amide bonds. The molecule has 0 aliphatic carbocycles.